The van der Waals surface area contributed by atoms with Crippen LogP contribution in [0, 0.1) is 23.2 Å². The highest BCUT2D eigenvalue weighted by Crippen LogP contribution is 2.53. The molecule has 5 nitrogen and oxygen atoms in total. The number of ether oxygens (including phenoxy) is 1. The van der Waals surface area contributed by atoms with Crippen molar-refractivity contribution in [3.8, 4) is 11.8 Å². The first kappa shape index (κ1) is 16.7. The lowest BCUT2D eigenvalue weighted by Crippen LogP contribution is -2.49. The summed E-state index contributed by atoms with van der Waals surface area (Å²) in [5, 5.41) is 18.5. The highest BCUT2D eigenvalue weighted by molar-refractivity contribution is 5.55. The van der Waals surface area contributed by atoms with E-state index < -0.39 is 36.4 Å². The number of halogens is 5. The van der Waals surface area contributed by atoms with Gasteiger partial charge < -0.3 is 14.7 Å². The second kappa shape index (κ2) is 5.73. The largest absolute Gasteiger partial charge is 0.432 e. The van der Waals surface area contributed by atoms with Crippen molar-refractivity contribution in [1.82, 2.24) is 4.98 Å². The van der Waals surface area contributed by atoms with Gasteiger partial charge in [-0.25, -0.2) is 4.98 Å². The maximum absolute atomic E-state index is 12.9. The number of piperidine rings is 1. The molecule has 1 saturated carbocycles. The summed E-state index contributed by atoms with van der Waals surface area (Å²) in [5.41, 5.74) is -0.290. The summed E-state index contributed by atoms with van der Waals surface area (Å²) in [6, 6.07) is 1.43. The molecule has 1 saturated heterocycles. The van der Waals surface area contributed by atoms with Gasteiger partial charge in [0.05, 0.1) is 17.9 Å². The molecule has 1 aliphatic heterocycles. The van der Waals surface area contributed by atoms with Gasteiger partial charge in [-0.3, -0.25) is 0 Å². The van der Waals surface area contributed by atoms with Gasteiger partial charge >= 0.3 is 12.8 Å². The van der Waals surface area contributed by atoms with E-state index in [1.807, 2.05) is 0 Å². The molecule has 4 atom stereocenters. The van der Waals surface area contributed by atoms with Crippen LogP contribution in [0.15, 0.2) is 12.3 Å². The Morgan fingerprint density at radius 2 is 2.12 bits per heavy atom. The van der Waals surface area contributed by atoms with E-state index >= 15 is 0 Å². The molecule has 1 aliphatic carbocycles. The maximum Gasteiger partial charge on any atom is 0.416 e. The smallest absolute Gasteiger partial charge is 0.416 e. The van der Waals surface area contributed by atoms with E-state index in [2.05, 4.69) is 9.72 Å². The molecule has 1 N–H and O–H groups in total. The van der Waals surface area contributed by atoms with Crippen molar-refractivity contribution in [3.05, 3.63) is 18.0 Å². The Kier molecular flexibility index (Phi) is 3.99. The number of nitrogens with zero attached hydrogens (tertiary/aromatic N) is 3. The van der Waals surface area contributed by atoms with Crippen LogP contribution in [0.5, 0.6) is 5.75 Å². The molecule has 3 rings (SSSR count). The monoisotopic (exact) mass is 349 g/mol. The number of rotatable bonds is 4. The summed E-state index contributed by atoms with van der Waals surface area (Å²) in [7, 11) is 0. The number of aliphatic hydroxyl groups excluding tert-OH is 1. The standard InChI is InChI=1S/C14H12F5N3O2/c15-13(16)24-10-2-7(4-21-9(10)3-20)22-5-6-1-8(6)11(22)12(23)14(17,18)19/h2,4,6,8,11-13,23H,1,5H2/t6?,8-,11+,12-/m0/s1. The Labute approximate surface area is 133 Å². The molecule has 0 bridgehead atoms. The van der Waals surface area contributed by atoms with E-state index in [1.54, 1.807) is 6.07 Å². The van der Waals surface area contributed by atoms with Gasteiger partial charge in [0.2, 0.25) is 0 Å². The Hall–Kier alpha value is -2.15. The molecule has 2 fully saturated rings. The van der Waals surface area contributed by atoms with E-state index in [0.29, 0.717) is 6.42 Å². The molecular weight excluding hydrogens is 337 g/mol. The highest BCUT2D eigenvalue weighted by atomic mass is 19.4. The topological polar surface area (TPSA) is 69.4 Å². The van der Waals surface area contributed by atoms with Crippen LogP contribution in [0.2, 0.25) is 0 Å². The predicted octanol–water partition coefficient (Wildman–Crippen LogP) is 2.30. The molecule has 2 heterocycles. The average Bonchev–Trinajstić information content (AvgIpc) is 3.16. The number of hydrogen-bond donors (Lipinski definition) is 1. The van der Waals surface area contributed by atoms with Crippen molar-refractivity contribution in [2.45, 2.75) is 31.4 Å². The van der Waals surface area contributed by atoms with Gasteiger partial charge in [-0.1, -0.05) is 0 Å². The fourth-order valence-electron chi connectivity index (χ4n) is 3.24. The Balaban J connectivity index is 1.92. The zero-order valence-electron chi connectivity index (χ0n) is 12.0. The van der Waals surface area contributed by atoms with Crippen LogP contribution in [0.4, 0.5) is 27.6 Å². The maximum atomic E-state index is 12.9. The van der Waals surface area contributed by atoms with Crippen LogP contribution in [0.1, 0.15) is 12.1 Å². The second-order valence-corrected chi connectivity index (χ2v) is 5.82. The number of nitriles is 1. The van der Waals surface area contributed by atoms with Crippen molar-refractivity contribution < 1.29 is 31.8 Å². The summed E-state index contributed by atoms with van der Waals surface area (Å²) in [5.74, 6) is -0.801. The zero-order chi connectivity index (χ0) is 17.6. The van der Waals surface area contributed by atoms with Gasteiger partial charge in [-0.15, -0.1) is 0 Å². The Morgan fingerprint density at radius 3 is 2.71 bits per heavy atom. The third-order valence-electron chi connectivity index (χ3n) is 4.36. The molecule has 0 spiro atoms. The van der Waals surface area contributed by atoms with Crippen molar-refractivity contribution in [1.29, 1.82) is 5.26 Å². The number of aliphatic hydroxyl groups is 1. The number of anilines is 1. The van der Waals surface area contributed by atoms with Crippen molar-refractivity contribution >= 4 is 5.69 Å². The van der Waals surface area contributed by atoms with Crippen LogP contribution in [0.3, 0.4) is 0 Å². The first-order chi connectivity index (χ1) is 11.2. The number of pyridine rings is 1. The lowest BCUT2D eigenvalue weighted by Gasteiger charge is -2.33. The molecule has 0 amide bonds. The van der Waals surface area contributed by atoms with Gasteiger partial charge in [-0.2, -0.15) is 27.2 Å². The Bertz CT molecular complexity index is 675. The summed E-state index contributed by atoms with van der Waals surface area (Å²) in [6.07, 6.45) is -5.64. The van der Waals surface area contributed by atoms with Crippen LogP contribution < -0.4 is 9.64 Å². The molecule has 0 aromatic carbocycles. The third-order valence-corrected chi connectivity index (χ3v) is 4.36. The van der Waals surface area contributed by atoms with Crippen LogP contribution >= 0.6 is 0 Å². The normalized spacial score (nSPS) is 26.9. The molecule has 1 aromatic heterocycles. The number of alkyl halides is 5. The van der Waals surface area contributed by atoms with E-state index in [1.165, 1.54) is 4.90 Å². The first-order valence-corrected chi connectivity index (χ1v) is 7.08. The van der Waals surface area contributed by atoms with E-state index in [9.17, 15) is 27.1 Å². The highest BCUT2D eigenvalue weighted by Gasteiger charge is 2.60. The molecule has 0 radical (unpaired) electrons. The van der Waals surface area contributed by atoms with E-state index in [4.69, 9.17) is 5.26 Å². The minimum absolute atomic E-state index is 0.0158. The van der Waals surface area contributed by atoms with Gasteiger partial charge in [-0.05, 0) is 18.3 Å². The fourth-order valence-corrected chi connectivity index (χ4v) is 3.24. The van der Waals surface area contributed by atoms with Gasteiger partial charge in [0.25, 0.3) is 0 Å². The predicted molar refractivity (Wildman–Crippen MR) is 70.4 cm³/mol. The van der Waals surface area contributed by atoms with Crippen molar-refractivity contribution in [2.75, 3.05) is 11.4 Å². The third kappa shape index (κ3) is 2.96. The summed E-state index contributed by atoms with van der Waals surface area (Å²) >= 11 is 0. The number of aromatic nitrogens is 1. The molecular formula is C14H12F5N3O2. The summed E-state index contributed by atoms with van der Waals surface area (Å²) in [4.78, 5) is 4.96. The zero-order valence-corrected chi connectivity index (χ0v) is 12.0. The molecule has 2 aliphatic rings. The van der Waals surface area contributed by atoms with Crippen LogP contribution in [-0.4, -0.2) is 41.6 Å². The SMILES string of the molecule is N#Cc1ncc(N2CC3C[C@@H]3[C@@H]2[C@H](O)C(F)(F)F)cc1OC(F)F. The summed E-state index contributed by atoms with van der Waals surface area (Å²) < 4.78 is 67.7. The van der Waals surface area contributed by atoms with Gasteiger partial charge in [0.1, 0.15) is 6.07 Å². The fraction of sp³-hybridized carbons (Fsp3) is 0.571. The lowest BCUT2D eigenvalue weighted by atomic mass is 10.1. The minimum atomic E-state index is -4.79. The average molecular weight is 349 g/mol. The van der Waals surface area contributed by atoms with E-state index in [-0.39, 0.29) is 24.1 Å². The Morgan fingerprint density at radius 1 is 1.42 bits per heavy atom. The molecule has 24 heavy (non-hydrogen) atoms. The second-order valence-electron chi connectivity index (χ2n) is 5.82. The number of hydrogen-bond acceptors (Lipinski definition) is 5. The summed E-state index contributed by atoms with van der Waals surface area (Å²) in [6.45, 7) is -2.94. The van der Waals surface area contributed by atoms with E-state index in [0.717, 1.165) is 12.3 Å². The first-order valence-electron chi connectivity index (χ1n) is 7.08. The number of fused-ring (bicyclic) bond motifs is 1. The van der Waals surface area contributed by atoms with Crippen LogP contribution in [0.25, 0.3) is 0 Å². The minimum Gasteiger partial charge on any atom is -0.432 e. The molecule has 10 heteroatoms. The quantitative estimate of drug-likeness (QED) is 0.845. The molecule has 1 aromatic rings. The van der Waals surface area contributed by atoms with Gasteiger partial charge in [0, 0.05) is 12.6 Å². The van der Waals surface area contributed by atoms with Crippen molar-refractivity contribution in [2.24, 2.45) is 11.8 Å². The molecule has 1 unspecified atom stereocenters. The van der Waals surface area contributed by atoms with Crippen molar-refractivity contribution in [3.63, 3.8) is 0 Å². The lowest BCUT2D eigenvalue weighted by molar-refractivity contribution is -0.210. The van der Waals surface area contributed by atoms with Crippen LogP contribution in [-0.2, 0) is 0 Å². The van der Waals surface area contributed by atoms with Gasteiger partial charge in [0.15, 0.2) is 17.5 Å². The molecule has 130 valence electrons.